The molecule has 1 spiro atoms. The zero-order valence-electron chi connectivity index (χ0n) is 15.9. The molecule has 0 unspecified atom stereocenters. The van der Waals surface area contributed by atoms with Gasteiger partial charge in [-0.25, -0.2) is 0 Å². The molecule has 0 aliphatic carbocycles. The summed E-state index contributed by atoms with van der Waals surface area (Å²) in [6.45, 7) is 7.89. The normalized spacial score (nSPS) is 23.2. The van der Waals surface area contributed by atoms with E-state index in [1.165, 1.54) is 18.4 Å². The highest BCUT2D eigenvalue weighted by atomic mass is 16.5. The fourth-order valence-electron chi connectivity index (χ4n) is 4.43. The zero-order chi connectivity index (χ0) is 18.0. The Hall–Kier alpha value is -1.69. The summed E-state index contributed by atoms with van der Waals surface area (Å²) >= 11 is 0. The van der Waals surface area contributed by atoms with E-state index in [2.05, 4.69) is 27.9 Å². The molecule has 1 atom stereocenters. The smallest absolute Gasteiger partial charge is 0.118 e. The van der Waals surface area contributed by atoms with Crippen LogP contribution in [0, 0.1) is 12.8 Å². The third kappa shape index (κ3) is 3.85. The van der Waals surface area contributed by atoms with E-state index >= 15 is 0 Å². The first-order valence-corrected chi connectivity index (χ1v) is 9.58. The molecule has 5 heteroatoms. The summed E-state index contributed by atoms with van der Waals surface area (Å²) in [5.41, 5.74) is 1.52. The second kappa shape index (κ2) is 7.51. The summed E-state index contributed by atoms with van der Waals surface area (Å²) in [7, 11) is 2.28. The molecule has 0 amide bonds. The van der Waals surface area contributed by atoms with Crippen LogP contribution in [-0.4, -0.2) is 53.6 Å². The van der Waals surface area contributed by atoms with Crippen LogP contribution < -0.4 is 0 Å². The molecule has 5 nitrogen and oxygen atoms in total. The summed E-state index contributed by atoms with van der Waals surface area (Å²) < 4.78 is 11.7. The lowest BCUT2D eigenvalue weighted by Crippen LogP contribution is -2.71. The molecule has 140 valence electrons. The molecule has 2 aliphatic heterocycles. The van der Waals surface area contributed by atoms with Gasteiger partial charge in [0.25, 0.3) is 0 Å². The fraction of sp³-hybridized carbons (Fsp3) is 0.571. The van der Waals surface area contributed by atoms with Crippen molar-refractivity contribution in [3.63, 3.8) is 0 Å². The minimum absolute atomic E-state index is 0.324. The van der Waals surface area contributed by atoms with E-state index in [-0.39, 0.29) is 0 Å². The summed E-state index contributed by atoms with van der Waals surface area (Å²) in [6.07, 6.45) is 6.11. The van der Waals surface area contributed by atoms with E-state index in [0.717, 1.165) is 44.3 Å². The van der Waals surface area contributed by atoms with Gasteiger partial charge < -0.3 is 9.15 Å². The molecule has 2 aromatic rings. The number of pyridine rings is 1. The van der Waals surface area contributed by atoms with Crippen molar-refractivity contribution in [1.82, 2.24) is 14.8 Å². The van der Waals surface area contributed by atoms with E-state index in [1.54, 1.807) is 0 Å². The summed E-state index contributed by atoms with van der Waals surface area (Å²) in [4.78, 5) is 9.12. The third-order valence-corrected chi connectivity index (χ3v) is 5.93. The van der Waals surface area contributed by atoms with Crippen LogP contribution in [-0.2, 0) is 17.9 Å². The largest absolute Gasteiger partial charge is 0.465 e. The monoisotopic (exact) mass is 355 g/mol. The van der Waals surface area contributed by atoms with Crippen molar-refractivity contribution < 1.29 is 9.15 Å². The Kier molecular flexibility index (Phi) is 5.11. The van der Waals surface area contributed by atoms with Gasteiger partial charge in [-0.3, -0.25) is 14.8 Å². The van der Waals surface area contributed by atoms with E-state index in [4.69, 9.17) is 9.15 Å². The SMILES string of the molecule is Cc1ccc(CN2CC3(C[C@@H](COCc4ccncc4)CCN3C)C2)o1. The number of aryl methyl sites for hydroxylation is 1. The first-order valence-electron chi connectivity index (χ1n) is 9.58. The predicted molar refractivity (Wildman–Crippen MR) is 101 cm³/mol. The molecule has 4 heterocycles. The van der Waals surface area contributed by atoms with E-state index < -0.39 is 0 Å². The molecule has 0 N–H and O–H groups in total. The highest BCUT2D eigenvalue weighted by Crippen LogP contribution is 2.39. The fourth-order valence-corrected chi connectivity index (χ4v) is 4.43. The molecule has 0 radical (unpaired) electrons. The number of likely N-dealkylation sites (tertiary alicyclic amines) is 2. The van der Waals surface area contributed by atoms with Crippen molar-refractivity contribution >= 4 is 0 Å². The van der Waals surface area contributed by atoms with Crippen LogP contribution in [0.25, 0.3) is 0 Å². The van der Waals surface area contributed by atoms with Crippen LogP contribution >= 0.6 is 0 Å². The van der Waals surface area contributed by atoms with Crippen LogP contribution in [0.5, 0.6) is 0 Å². The Bertz CT molecular complexity index is 709. The van der Waals surface area contributed by atoms with Gasteiger partial charge >= 0.3 is 0 Å². The molecule has 0 aromatic carbocycles. The Morgan fingerprint density at radius 2 is 2.04 bits per heavy atom. The number of likely N-dealkylation sites (N-methyl/N-ethyl adjacent to an activating group) is 1. The number of nitrogens with zero attached hydrogens (tertiary/aromatic N) is 3. The van der Waals surface area contributed by atoms with Crippen molar-refractivity contribution in [3.8, 4) is 0 Å². The number of aromatic nitrogens is 1. The van der Waals surface area contributed by atoms with Crippen molar-refractivity contribution in [2.75, 3.05) is 33.3 Å². The molecule has 2 fully saturated rings. The highest BCUT2D eigenvalue weighted by molar-refractivity contribution is 5.11. The van der Waals surface area contributed by atoms with Crippen LogP contribution in [0.1, 0.15) is 29.9 Å². The number of furan rings is 1. The van der Waals surface area contributed by atoms with E-state index in [0.29, 0.717) is 18.1 Å². The quantitative estimate of drug-likeness (QED) is 0.796. The van der Waals surface area contributed by atoms with Gasteiger partial charge in [0, 0.05) is 37.6 Å². The second-order valence-electron chi connectivity index (χ2n) is 8.03. The van der Waals surface area contributed by atoms with Gasteiger partial charge in [-0.05, 0) is 69.1 Å². The molecule has 4 rings (SSSR count). The molecule has 26 heavy (non-hydrogen) atoms. The van der Waals surface area contributed by atoms with Crippen molar-refractivity contribution in [2.45, 2.75) is 38.5 Å². The zero-order valence-corrected chi connectivity index (χ0v) is 15.9. The van der Waals surface area contributed by atoms with Gasteiger partial charge in [-0.2, -0.15) is 0 Å². The molecular formula is C21H29N3O2. The Morgan fingerprint density at radius 3 is 2.77 bits per heavy atom. The topological polar surface area (TPSA) is 41.7 Å². The standard InChI is InChI=1S/C21H29N3O2/c1-17-3-4-20(26-17)12-24-15-21(16-24)11-19(7-10-23(21)2)14-25-13-18-5-8-22-9-6-18/h3-6,8-9,19H,7,10-16H2,1-2H3/t19-/m0/s1. The minimum atomic E-state index is 0.324. The second-order valence-corrected chi connectivity index (χ2v) is 8.03. The predicted octanol–water partition coefficient (Wildman–Crippen LogP) is 3.10. The summed E-state index contributed by atoms with van der Waals surface area (Å²) in [6, 6.07) is 8.20. The number of ether oxygens (including phenoxy) is 1. The Morgan fingerprint density at radius 1 is 1.23 bits per heavy atom. The summed E-state index contributed by atoms with van der Waals surface area (Å²) in [5.74, 6) is 2.73. The average molecular weight is 355 g/mol. The van der Waals surface area contributed by atoms with Crippen LogP contribution in [0.15, 0.2) is 41.1 Å². The first-order chi connectivity index (χ1) is 12.6. The molecule has 0 bridgehead atoms. The van der Waals surface area contributed by atoms with Gasteiger partial charge in [-0.15, -0.1) is 0 Å². The van der Waals surface area contributed by atoms with Crippen LogP contribution in [0.3, 0.4) is 0 Å². The lowest BCUT2D eigenvalue weighted by Gasteiger charge is -2.58. The van der Waals surface area contributed by atoms with Gasteiger partial charge in [-0.1, -0.05) is 0 Å². The number of piperidine rings is 1. The van der Waals surface area contributed by atoms with Crippen molar-refractivity contribution in [3.05, 3.63) is 53.7 Å². The van der Waals surface area contributed by atoms with Gasteiger partial charge in [0.05, 0.1) is 13.2 Å². The van der Waals surface area contributed by atoms with Crippen LogP contribution in [0.2, 0.25) is 0 Å². The first kappa shape index (κ1) is 17.7. The average Bonchev–Trinajstić information content (AvgIpc) is 3.02. The lowest BCUT2D eigenvalue weighted by atomic mass is 9.75. The summed E-state index contributed by atoms with van der Waals surface area (Å²) in [5, 5.41) is 0. The molecule has 2 aromatic heterocycles. The van der Waals surface area contributed by atoms with Crippen LogP contribution in [0.4, 0.5) is 0 Å². The minimum Gasteiger partial charge on any atom is -0.465 e. The molecule has 2 aliphatic rings. The highest BCUT2D eigenvalue weighted by Gasteiger charge is 2.49. The molecule has 2 saturated heterocycles. The Labute approximate surface area is 156 Å². The maximum absolute atomic E-state index is 6.01. The van der Waals surface area contributed by atoms with E-state index in [1.807, 2.05) is 37.5 Å². The maximum atomic E-state index is 6.01. The van der Waals surface area contributed by atoms with Gasteiger partial charge in [0.2, 0.25) is 0 Å². The molecule has 0 saturated carbocycles. The third-order valence-electron chi connectivity index (χ3n) is 5.93. The van der Waals surface area contributed by atoms with Gasteiger partial charge in [0.15, 0.2) is 0 Å². The molecular weight excluding hydrogens is 326 g/mol. The maximum Gasteiger partial charge on any atom is 0.118 e. The van der Waals surface area contributed by atoms with Crippen molar-refractivity contribution in [1.29, 1.82) is 0 Å². The number of hydrogen-bond acceptors (Lipinski definition) is 5. The Balaban J connectivity index is 1.26. The lowest BCUT2D eigenvalue weighted by molar-refractivity contribution is -0.0952. The number of hydrogen-bond donors (Lipinski definition) is 0. The van der Waals surface area contributed by atoms with Gasteiger partial charge in [0.1, 0.15) is 11.5 Å². The van der Waals surface area contributed by atoms with E-state index in [9.17, 15) is 0 Å². The number of rotatable bonds is 6. The van der Waals surface area contributed by atoms with Crippen molar-refractivity contribution in [2.24, 2.45) is 5.92 Å².